The molecule has 4 nitrogen and oxygen atoms in total. The van der Waals surface area contributed by atoms with Crippen molar-refractivity contribution < 1.29 is 13.2 Å². The molecule has 0 saturated heterocycles. The van der Waals surface area contributed by atoms with Crippen molar-refractivity contribution in [2.75, 3.05) is 6.54 Å². The summed E-state index contributed by atoms with van der Waals surface area (Å²) < 4.78 is 23.1. The third-order valence-electron chi connectivity index (χ3n) is 3.39. The van der Waals surface area contributed by atoms with Gasteiger partial charge in [0.25, 0.3) is 15.0 Å². The van der Waals surface area contributed by atoms with Crippen LogP contribution in [-0.4, -0.2) is 20.9 Å². The van der Waals surface area contributed by atoms with Gasteiger partial charge < -0.3 is 5.32 Å². The van der Waals surface area contributed by atoms with E-state index in [4.69, 9.17) is 10.7 Å². The lowest BCUT2D eigenvalue weighted by Crippen LogP contribution is -2.25. The predicted octanol–water partition coefficient (Wildman–Crippen LogP) is 3.40. The van der Waals surface area contributed by atoms with Crippen LogP contribution in [0.25, 0.3) is 0 Å². The van der Waals surface area contributed by atoms with Crippen molar-refractivity contribution in [1.29, 1.82) is 0 Å². The average molecular weight is 332 g/mol. The van der Waals surface area contributed by atoms with Crippen molar-refractivity contribution in [3.8, 4) is 0 Å². The molecule has 1 aromatic carbocycles. The van der Waals surface area contributed by atoms with Crippen molar-refractivity contribution in [1.82, 2.24) is 5.32 Å². The fraction of sp³-hybridized carbons (Fsp3) is 0.533. The van der Waals surface area contributed by atoms with E-state index in [1.165, 1.54) is 6.07 Å². The maximum absolute atomic E-state index is 12.1. The summed E-state index contributed by atoms with van der Waals surface area (Å²) in [5.74, 6) is 0.319. The maximum atomic E-state index is 12.1. The molecule has 1 aromatic rings. The first kappa shape index (κ1) is 18.0. The Hall–Kier alpha value is -1.07. The second-order valence-electron chi connectivity index (χ2n) is 5.65. The zero-order valence-electron chi connectivity index (χ0n) is 12.9. The minimum atomic E-state index is -3.86. The molecule has 0 aliphatic rings. The molecule has 6 heteroatoms. The molecular weight excluding hydrogens is 310 g/mol. The van der Waals surface area contributed by atoms with Gasteiger partial charge in [0.15, 0.2) is 0 Å². The third kappa shape index (κ3) is 5.32. The van der Waals surface area contributed by atoms with E-state index in [-0.39, 0.29) is 10.8 Å². The van der Waals surface area contributed by atoms with Gasteiger partial charge in [-0.2, -0.15) is 0 Å². The van der Waals surface area contributed by atoms with Crippen LogP contribution in [0, 0.1) is 19.8 Å². The van der Waals surface area contributed by atoms with Crippen molar-refractivity contribution in [3.63, 3.8) is 0 Å². The largest absolute Gasteiger partial charge is 0.352 e. The molecule has 0 aliphatic heterocycles. The van der Waals surface area contributed by atoms with E-state index in [1.54, 1.807) is 19.9 Å². The first-order valence-electron chi connectivity index (χ1n) is 6.97. The molecule has 1 rings (SSSR count). The zero-order chi connectivity index (χ0) is 16.2. The third-order valence-corrected chi connectivity index (χ3v) is 4.84. The maximum Gasteiger partial charge on any atom is 0.261 e. The standard InChI is InChI=1S/C15H22ClNO3S/c1-10(2)6-5-7-17-15(18)13-8-11(3)12(4)14(9-13)21(16,19)20/h8-10H,5-7H2,1-4H3,(H,17,18). The fourth-order valence-corrected chi connectivity index (χ4v) is 3.30. The van der Waals surface area contributed by atoms with Gasteiger partial charge in [0.1, 0.15) is 0 Å². The van der Waals surface area contributed by atoms with E-state index in [9.17, 15) is 13.2 Å². The second kappa shape index (κ2) is 7.27. The van der Waals surface area contributed by atoms with Crippen LogP contribution in [0.4, 0.5) is 0 Å². The number of carbonyl (C=O) groups excluding carboxylic acids is 1. The van der Waals surface area contributed by atoms with Gasteiger partial charge in [-0.3, -0.25) is 4.79 Å². The highest BCUT2D eigenvalue weighted by Gasteiger charge is 2.18. The second-order valence-corrected chi connectivity index (χ2v) is 8.18. The Morgan fingerprint density at radius 1 is 1.29 bits per heavy atom. The fourth-order valence-electron chi connectivity index (χ4n) is 2.03. The lowest BCUT2D eigenvalue weighted by atomic mass is 10.1. The summed E-state index contributed by atoms with van der Waals surface area (Å²) in [6, 6.07) is 3.02. The van der Waals surface area contributed by atoms with E-state index in [2.05, 4.69) is 19.2 Å². The van der Waals surface area contributed by atoms with E-state index in [0.717, 1.165) is 18.4 Å². The molecule has 0 bridgehead atoms. The van der Waals surface area contributed by atoms with Crippen LogP contribution in [-0.2, 0) is 9.05 Å². The molecule has 0 atom stereocenters. The number of amides is 1. The molecular formula is C15H22ClNO3S. The van der Waals surface area contributed by atoms with Crippen LogP contribution in [0.2, 0.25) is 0 Å². The Labute approximate surface area is 131 Å². The summed E-state index contributed by atoms with van der Waals surface area (Å²) in [5.41, 5.74) is 1.62. The summed E-state index contributed by atoms with van der Waals surface area (Å²) in [5, 5.41) is 2.80. The van der Waals surface area contributed by atoms with Gasteiger partial charge in [0.05, 0.1) is 4.90 Å². The quantitative estimate of drug-likeness (QED) is 0.642. The highest BCUT2D eigenvalue weighted by Crippen LogP contribution is 2.24. The van der Waals surface area contributed by atoms with Crippen molar-refractivity contribution >= 4 is 25.6 Å². The summed E-state index contributed by atoms with van der Waals surface area (Å²) in [6.07, 6.45) is 1.93. The molecule has 1 amide bonds. The Morgan fingerprint density at radius 3 is 2.43 bits per heavy atom. The van der Waals surface area contributed by atoms with Gasteiger partial charge in [-0.25, -0.2) is 8.42 Å². The summed E-state index contributed by atoms with van der Waals surface area (Å²) in [7, 11) is 1.56. The highest BCUT2D eigenvalue weighted by molar-refractivity contribution is 8.13. The highest BCUT2D eigenvalue weighted by atomic mass is 35.7. The Kier molecular flexibility index (Phi) is 6.23. The molecule has 1 N–H and O–H groups in total. The lowest BCUT2D eigenvalue weighted by Gasteiger charge is -2.11. The lowest BCUT2D eigenvalue weighted by molar-refractivity contribution is 0.0952. The van der Waals surface area contributed by atoms with Gasteiger partial charge in [-0.1, -0.05) is 13.8 Å². The van der Waals surface area contributed by atoms with Gasteiger partial charge in [0.2, 0.25) is 0 Å². The number of benzene rings is 1. The van der Waals surface area contributed by atoms with Crippen LogP contribution in [0.3, 0.4) is 0 Å². The molecule has 0 aliphatic carbocycles. The number of nitrogens with one attached hydrogen (secondary N) is 1. The SMILES string of the molecule is Cc1cc(C(=O)NCCCC(C)C)cc(S(=O)(=O)Cl)c1C. The number of rotatable bonds is 6. The molecule has 0 fully saturated rings. The number of halogens is 1. The number of hydrogen-bond donors (Lipinski definition) is 1. The zero-order valence-corrected chi connectivity index (χ0v) is 14.4. The smallest absolute Gasteiger partial charge is 0.261 e. The summed E-state index contributed by atoms with van der Waals surface area (Å²) in [6.45, 7) is 8.27. The first-order chi connectivity index (χ1) is 9.62. The predicted molar refractivity (Wildman–Crippen MR) is 85.4 cm³/mol. The van der Waals surface area contributed by atoms with Crippen molar-refractivity contribution in [2.24, 2.45) is 5.92 Å². The van der Waals surface area contributed by atoms with E-state index in [0.29, 0.717) is 23.6 Å². The molecule has 0 saturated carbocycles. The van der Waals surface area contributed by atoms with Crippen molar-refractivity contribution in [2.45, 2.75) is 45.4 Å². The average Bonchev–Trinajstić information content (AvgIpc) is 2.35. The number of aryl methyl sites for hydroxylation is 1. The number of hydrogen-bond acceptors (Lipinski definition) is 3. The number of carbonyl (C=O) groups is 1. The first-order valence-corrected chi connectivity index (χ1v) is 9.28. The van der Waals surface area contributed by atoms with Gasteiger partial charge in [-0.15, -0.1) is 0 Å². The van der Waals surface area contributed by atoms with Crippen LogP contribution >= 0.6 is 10.7 Å². The molecule has 118 valence electrons. The molecule has 0 unspecified atom stereocenters. The molecule has 21 heavy (non-hydrogen) atoms. The van der Waals surface area contributed by atoms with Crippen LogP contribution in [0.15, 0.2) is 17.0 Å². The van der Waals surface area contributed by atoms with Crippen molar-refractivity contribution in [3.05, 3.63) is 28.8 Å². The molecule has 0 heterocycles. The minimum Gasteiger partial charge on any atom is -0.352 e. The Bertz CT molecular complexity index is 624. The summed E-state index contributed by atoms with van der Waals surface area (Å²) >= 11 is 0. The normalized spacial score (nSPS) is 11.7. The topological polar surface area (TPSA) is 63.2 Å². The van der Waals surface area contributed by atoms with Crippen LogP contribution in [0.1, 0.15) is 48.2 Å². The van der Waals surface area contributed by atoms with Crippen LogP contribution < -0.4 is 5.32 Å². The minimum absolute atomic E-state index is 0.00324. The van der Waals surface area contributed by atoms with E-state index in [1.807, 2.05) is 0 Å². The molecule has 0 radical (unpaired) electrons. The monoisotopic (exact) mass is 331 g/mol. The molecule has 0 spiro atoms. The Morgan fingerprint density at radius 2 is 1.90 bits per heavy atom. The van der Waals surface area contributed by atoms with Gasteiger partial charge in [-0.05, 0) is 55.9 Å². The Balaban J connectivity index is 2.89. The summed E-state index contributed by atoms with van der Waals surface area (Å²) in [4.78, 5) is 12.1. The molecule has 0 aromatic heterocycles. The van der Waals surface area contributed by atoms with E-state index >= 15 is 0 Å². The van der Waals surface area contributed by atoms with Gasteiger partial charge in [0, 0.05) is 22.8 Å². The van der Waals surface area contributed by atoms with Crippen LogP contribution in [0.5, 0.6) is 0 Å². The van der Waals surface area contributed by atoms with E-state index < -0.39 is 9.05 Å². The van der Waals surface area contributed by atoms with Gasteiger partial charge >= 0.3 is 0 Å².